The van der Waals surface area contributed by atoms with Gasteiger partial charge in [0, 0.05) is 44.8 Å². The van der Waals surface area contributed by atoms with E-state index in [1.807, 2.05) is 0 Å². The maximum atomic E-state index is 5.55. The minimum atomic E-state index is -0.0438. The summed E-state index contributed by atoms with van der Waals surface area (Å²) in [5, 5.41) is 2.97. The maximum absolute atomic E-state index is 5.55. The molecule has 0 aliphatic carbocycles. The third-order valence-corrected chi connectivity index (χ3v) is 17.0. The summed E-state index contributed by atoms with van der Waals surface area (Å²) in [5.41, 5.74) is 18.1. The van der Waals surface area contributed by atoms with Crippen molar-refractivity contribution in [2.45, 2.75) is 218 Å². The van der Waals surface area contributed by atoms with Gasteiger partial charge in [0.2, 0.25) is 0 Å². The summed E-state index contributed by atoms with van der Waals surface area (Å²) < 4.78 is 0. The summed E-state index contributed by atoms with van der Waals surface area (Å²) >= 11 is 0. The second kappa shape index (κ2) is 23.7. The van der Waals surface area contributed by atoms with Gasteiger partial charge in [0.25, 0.3) is 0 Å². The molecule has 97 heavy (non-hydrogen) atoms. The molecule has 9 heterocycles. The molecule has 0 saturated heterocycles. The zero-order valence-electron chi connectivity index (χ0n) is 62.1. The fourth-order valence-corrected chi connectivity index (χ4v) is 13.3. The van der Waals surface area contributed by atoms with Gasteiger partial charge >= 0.3 is 19.5 Å². The van der Waals surface area contributed by atoms with Gasteiger partial charge in [-0.3, -0.25) is 0 Å². The molecule has 17 heteroatoms. The first-order valence-electron chi connectivity index (χ1n) is 34.4. The van der Waals surface area contributed by atoms with E-state index in [0.29, 0.717) is 45.9 Å². The van der Waals surface area contributed by atoms with Crippen LogP contribution >= 0.6 is 0 Å². The van der Waals surface area contributed by atoms with E-state index in [-0.39, 0.29) is 62.8 Å². The quantitative estimate of drug-likeness (QED) is 0.130. The number of hydrogen-bond donors (Lipinski definition) is 0. The van der Waals surface area contributed by atoms with Gasteiger partial charge in [-0.2, -0.15) is 0 Å². The predicted molar refractivity (Wildman–Crippen MR) is 392 cm³/mol. The van der Waals surface area contributed by atoms with Crippen molar-refractivity contribution in [1.29, 1.82) is 0 Å². The summed E-state index contributed by atoms with van der Waals surface area (Å²) in [6, 6.07) is 16.6. The van der Waals surface area contributed by atoms with E-state index >= 15 is 0 Å². The van der Waals surface area contributed by atoms with Crippen LogP contribution in [-0.2, 0) is 70.8 Å². The number of hydrogen-bond acceptors (Lipinski definition) is 14. The van der Waals surface area contributed by atoms with E-state index in [4.69, 9.17) is 79.7 Å². The Morgan fingerprint density at radius 1 is 0.206 bits per heavy atom. The van der Waals surface area contributed by atoms with Crippen molar-refractivity contribution in [2.24, 2.45) is 43.3 Å². The molecular formula is C80H96N16Zn. The maximum Gasteiger partial charge on any atom is 2.00 e. The molecule has 0 radical (unpaired) electrons. The van der Waals surface area contributed by atoms with Gasteiger partial charge in [-0.05, 0) is 165 Å². The van der Waals surface area contributed by atoms with Crippen LogP contribution in [0.3, 0.4) is 0 Å². The predicted octanol–water partition coefficient (Wildman–Crippen LogP) is 18.6. The van der Waals surface area contributed by atoms with E-state index in [1.165, 1.54) is 0 Å². The van der Waals surface area contributed by atoms with Crippen LogP contribution in [0.4, 0.5) is 0 Å². The molecule has 8 bridgehead atoms. The first kappa shape index (κ1) is 69.1. The van der Waals surface area contributed by atoms with E-state index in [9.17, 15) is 0 Å². The molecule has 2 aliphatic heterocycles. The molecule has 0 atom stereocenters. The minimum Gasteiger partial charge on any atom is -0.357 e. The number of aromatic nitrogens is 16. The van der Waals surface area contributed by atoms with E-state index in [2.05, 4.69) is 215 Å². The largest absolute Gasteiger partial charge is 2.00 e. The van der Waals surface area contributed by atoms with Gasteiger partial charge in [0.05, 0.1) is 113 Å². The van der Waals surface area contributed by atoms with E-state index in [1.54, 1.807) is 0 Å². The van der Waals surface area contributed by atoms with Crippen molar-refractivity contribution in [3.63, 3.8) is 0 Å². The van der Waals surface area contributed by atoms with Gasteiger partial charge in [-0.25, -0.2) is 49.8 Å². The molecule has 0 saturated carbocycles. The topological polar surface area (TPSA) is 209 Å². The summed E-state index contributed by atoms with van der Waals surface area (Å²) in [6.07, 6.45) is 6.04. The zero-order chi connectivity index (χ0) is 69.1. The van der Waals surface area contributed by atoms with Crippen LogP contribution < -0.4 is 9.97 Å². The Hall–Kier alpha value is -7.78. The van der Waals surface area contributed by atoms with Crippen LogP contribution in [-0.4, -0.2) is 69.8 Å². The monoisotopic (exact) mass is 1340 g/mol. The second-order valence-corrected chi connectivity index (χ2v) is 37.4. The SMILES string of the molecule is CC(C)(C)Cc1nc2cc3c(cc2nc1CC(C)(C)C)-c1nc-3nc2[n-]c(nc3nc(nc4[n-]c(n1)c1cc5nc(CC(C)(C)C)c(CC(C)(C)C)nc5cc41)-c1cc4nc(CC(C)(C)C)c(CC(C)(C)C)nc4cc1-3)c1cc3nc(CC(C)(C)C)c(CC(C)(C)C)nc3cc21.[Zn+2]. The molecule has 0 fully saturated rings. The molecule has 0 N–H and O–H groups in total. The van der Waals surface area contributed by atoms with Crippen molar-refractivity contribution in [2.75, 3.05) is 0 Å². The van der Waals surface area contributed by atoms with Gasteiger partial charge in [0.15, 0.2) is 0 Å². The van der Waals surface area contributed by atoms with Crippen LogP contribution in [0.5, 0.6) is 0 Å². The zero-order valence-corrected chi connectivity index (χ0v) is 65.1. The Balaban J connectivity index is 0.00000897. The minimum absolute atomic E-state index is 0. The van der Waals surface area contributed by atoms with Crippen molar-refractivity contribution in [3.8, 4) is 45.6 Å². The average Bonchev–Trinajstić information content (AvgIpc) is 1.65. The Morgan fingerprint density at radius 3 is 0.495 bits per heavy atom. The van der Waals surface area contributed by atoms with Crippen molar-refractivity contribution >= 4 is 88.3 Å². The average molecular weight is 1350 g/mol. The van der Waals surface area contributed by atoms with Gasteiger partial charge in [0.1, 0.15) is 0 Å². The number of fused-ring (bicyclic) bond motifs is 24. The third-order valence-electron chi connectivity index (χ3n) is 17.0. The Morgan fingerprint density at radius 2 is 0.351 bits per heavy atom. The second-order valence-electron chi connectivity index (χ2n) is 37.4. The number of rotatable bonds is 8. The fourth-order valence-electron chi connectivity index (χ4n) is 13.3. The first-order valence-corrected chi connectivity index (χ1v) is 34.4. The van der Waals surface area contributed by atoms with Crippen molar-refractivity contribution in [3.05, 3.63) is 94.1 Å². The molecule has 0 unspecified atom stereocenters. The van der Waals surface area contributed by atoms with Crippen LogP contribution in [0.25, 0.3) is 134 Å². The van der Waals surface area contributed by atoms with E-state index < -0.39 is 0 Å². The number of benzene rings is 4. The standard InChI is InChI=1S/C80H96N16.Zn/c1-73(2,3)33-57-58(34-74(4,5)6)82-50-26-42-41(25-49(50)81-57)65-89-66(42)94-68-45-29-53-54(86-62(38-78(16,17)18)61(85-53)37-77(13,14)15)30-46(45)70(91-68)96-72-48-32-56-55(87-63(39-79(19,20)21)64(88-56)40-80(22,23)24)31-47(48)71(92-72)95-69-44-28-52-51(27-43(44)67(90-69)93-65)83-59(35-75(7,8)9)60(84-52)36-76(10,11)12;/h25-32H,33-40H2,1-24H3;/q-2;+2. The molecule has 0 spiro atoms. The summed E-state index contributed by atoms with van der Waals surface area (Å²) in [7, 11) is 0. The molecular weight excluding hydrogens is 1250 g/mol. The summed E-state index contributed by atoms with van der Waals surface area (Å²) in [5.74, 6) is 1.66. The summed E-state index contributed by atoms with van der Waals surface area (Å²) in [4.78, 5) is 87.9. The Bertz CT molecular complexity index is 4570. The third kappa shape index (κ3) is 15.1. The molecule has 7 aromatic heterocycles. The Labute approximate surface area is 584 Å². The Kier molecular flexibility index (Phi) is 16.9. The van der Waals surface area contributed by atoms with Crippen LogP contribution in [0.2, 0.25) is 0 Å². The van der Waals surface area contributed by atoms with Crippen LogP contribution in [0.15, 0.2) is 48.5 Å². The van der Waals surface area contributed by atoms with Crippen molar-refractivity contribution in [1.82, 2.24) is 79.7 Å². The van der Waals surface area contributed by atoms with Gasteiger partial charge < -0.3 is 29.9 Å². The first-order chi connectivity index (χ1) is 44.4. The normalized spacial score (nSPS) is 13.6. The molecule has 498 valence electrons. The van der Waals surface area contributed by atoms with Gasteiger partial charge in [-0.15, -0.1) is 0 Å². The van der Waals surface area contributed by atoms with Gasteiger partial charge in [-0.1, -0.05) is 166 Å². The smallest absolute Gasteiger partial charge is 0.357 e. The number of nitrogens with zero attached hydrogens (tertiary/aromatic N) is 16. The molecule has 0 amide bonds. The molecule has 13 rings (SSSR count). The molecule has 2 aliphatic rings. The fraction of sp³-hybridized carbons (Fsp3) is 0.500. The molecule has 16 nitrogen and oxygen atoms in total. The van der Waals surface area contributed by atoms with Crippen molar-refractivity contribution < 1.29 is 19.5 Å². The molecule has 11 aromatic rings. The molecule has 4 aromatic carbocycles. The van der Waals surface area contributed by atoms with Crippen LogP contribution in [0, 0.1) is 43.3 Å². The summed E-state index contributed by atoms with van der Waals surface area (Å²) in [6.45, 7) is 54.0. The van der Waals surface area contributed by atoms with Crippen LogP contribution in [0.1, 0.15) is 212 Å². The van der Waals surface area contributed by atoms with E-state index in [0.717, 1.165) is 185 Å².